The van der Waals surface area contributed by atoms with E-state index in [1.165, 1.54) is 6.92 Å². The van der Waals surface area contributed by atoms with Crippen molar-refractivity contribution in [2.75, 3.05) is 17.6 Å². The molecule has 0 bridgehead atoms. The van der Waals surface area contributed by atoms with E-state index in [9.17, 15) is 9.59 Å². The molecular formula is C9H12ClN5O3. The molecule has 1 aliphatic rings. The molecule has 1 aromatic heterocycles. The van der Waals surface area contributed by atoms with Gasteiger partial charge in [-0.2, -0.15) is 4.98 Å². The average Bonchev–Trinajstić information content (AvgIpc) is 2.27. The Hall–Kier alpha value is -1.93. The van der Waals surface area contributed by atoms with Crippen LogP contribution in [0, 0.1) is 0 Å². The number of hydrogen-bond acceptors (Lipinski definition) is 7. The number of nitrogens with zero attached hydrogens (tertiary/aromatic N) is 2. The number of carbonyl (C=O) groups is 1. The molecular weight excluding hydrogens is 262 g/mol. The molecule has 0 saturated carbocycles. The number of hydrogen-bond donors (Lipinski definition) is 4. The van der Waals surface area contributed by atoms with E-state index in [1.807, 2.05) is 0 Å². The predicted molar refractivity (Wildman–Crippen MR) is 68.8 cm³/mol. The molecule has 8 nitrogen and oxygen atoms in total. The van der Waals surface area contributed by atoms with Gasteiger partial charge in [0.15, 0.2) is 11.5 Å². The first kappa shape index (κ1) is 14.1. The fraction of sp³-hybridized carbons (Fsp3) is 0.333. The Morgan fingerprint density at radius 2 is 2.22 bits per heavy atom. The molecule has 0 amide bonds. The Balaban J connectivity index is 0.00000162. The van der Waals surface area contributed by atoms with Gasteiger partial charge in [-0.05, 0) is 6.92 Å². The van der Waals surface area contributed by atoms with Crippen LogP contribution < -0.4 is 16.6 Å². The van der Waals surface area contributed by atoms with Gasteiger partial charge in [0.25, 0.3) is 5.56 Å². The molecule has 1 aliphatic heterocycles. The number of Topliss-reactive ketones (excluding diaryl/α,β-unsaturated/α-hetero) is 1. The van der Waals surface area contributed by atoms with Crippen molar-refractivity contribution in [3.05, 3.63) is 10.4 Å². The first-order chi connectivity index (χ1) is 7.99. The quantitative estimate of drug-likeness (QED) is 0.559. The lowest BCUT2D eigenvalue weighted by Gasteiger charge is -2.16. The summed E-state index contributed by atoms with van der Waals surface area (Å²) in [6.45, 7) is 1.44. The highest BCUT2D eigenvalue weighted by atomic mass is 35.5. The van der Waals surface area contributed by atoms with E-state index in [2.05, 4.69) is 20.3 Å². The van der Waals surface area contributed by atoms with Crippen LogP contribution in [-0.4, -0.2) is 39.2 Å². The number of rotatable bonds is 2. The maximum Gasteiger partial charge on any atom is 0.280 e. The van der Waals surface area contributed by atoms with Crippen molar-refractivity contribution in [3.8, 4) is 0 Å². The number of nitrogen functional groups attached to an aromatic ring is 1. The van der Waals surface area contributed by atoms with Gasteiger partial charge in [-0.1, -0.05) is 0 Å². The molecule has 0 spiro atoms. The van der Waals surface area contributed by atoms with Crippen molar-refractivity contribution in [1.82, 2.24) is 9.97 Å². The summed E-state index contributed by atoms with van der Waals surface area (Å²) < 4.78 is 0. The lowest BCUT2D eigenvalue weighted by Crippen LogP contribution is -2.34. The number of aliphatic hydroxyl groups is 1. The van der Waals surface area contributed by atoms with E-state index < -0.39 is 17.4 Å². The van der Waals surface area contributed by atoms with Crippen LogP contribution in [-0.2, 0) is 4.79 Å². The van der Waals surface area contributed by atoms with E-state index >= 15 is 0 Å². The maximum absolute atomic E-state index is 11.5. The zero-order valence-electron chi connectivity index (χ0n) is 9.43. The lowest BCUT2D eigenvalue weighted by molar-refractivity contribution is -0.119. The summed E-state index contributed by atoms with van der Waals surface area (Å²) in [7, 11) is 0. The third kappa shape index (κ3) is 2.49. The Labute approximate surface area is 108 Å². The molecule has 2 heterocycles. The molecule has 0 unspecified atom stereocenters. The van der Waals surface area contributed by atoms with Crippen molar-refractivity contribution in [2.24, 2.45) is 4.99 Å². The van der Waals surface area contributed by atoms with Crippen LogP contribution in [0.1, 0.15) is 6.92 Å². The van der Waals surface area contributed by atoms with Crippen molar-refractivity contribution in [1.29, 1.82) is 0 Å². The van der Waals surface area contributed by atoms with Gasteiger partial charge in [-0.25, -0.2) is 4.99 Å². The Morgan fingerprint density at radius 1 is 1.56 bits per heavy atom. The predicted octanol–water partition coefficient (Wildman–Crippen LogP) is -0.778. The largest absolute Gasteiger partial charge is 0.385 e. The van der Waals surface area contributed by atoms with Crippen LogP contribution in [0.2, 0.25) is 0 Å². The number of aliphatic hydroxyl groups excluding tert-OH is 1. The topological polar surface area (TPSA) is 133 Å². The highest BCUT2D eigenvalue weighted by Gasteiger charge is 2.23. The Bertz CT molecular complexity index is 566. The molecule has 9 heteroatoms. The van der Waals surface area contributed by atoms with E-state index in [0.717, 1.165) is 0 Å². The molecule has 0 saturated heterocycles. The summed E-state index contributed by atoms with van der Waals surface area (Å²) in [5, 5.41) is 11.9. The molecule has 0 aromatic carbocycles. The second-order valence-corrected chi connectivity index (χ2v) is 3.60. The number of aromatic amines is 1. The number of H-pyrrole nitrogens is 1. The van der Waals surface area contributed by atoms with Gasteiger partial charge in [-0.15, -0.1) is 12.4 Å². The number of ketones is 1. The van der Waals surface area contributed by atoms with E-state index in [4.69, 9.17) is 10.8 Å². The smallest absolute Gasteiger partial charge is 0.280 e. The second kappa shape index (κ2) is 5.15. The fourth-order valence-corrected chi connectivity index (χ4v) is 1.44. The number of halogens is 1. The summed E-state index contributed by atoms with van der Waals surface area (Å²) in [6, 6.07) is 0. The number of aromatic nitrogens is 2. The number of anilines is 2. The summed E-state index contributed by atoms with van der Waals surface area (Å²) >= 11 is 0. The maximum atomic E-state index is 11.5. The van der Waals surface area contributed by atoms with Crippen LogP contribution in [0.3, 0.4) is 0 Å². The molecule has 1 atom stereocenters. The summed E-state index contributed by atoms with van der Waals surface area (Å²) in [5.41, 5.74) is 4.91. The second-order valence-electron chi connectivity index (χ2n) is 3.60. The van der Waals surface area contributed by atoms with Crippen LogP contribution in [0.5, 0.6) is 0 Å². The third-order valence-electron chi connectivity index (χ3n) is 2.25. The van der Waals surface area contributed by atoms with Gasteiger partial charge in [0.2, 0.25) is 11.7 Å². The highest BCUT2D eigenvalue weighted by molar-refractivity contribution is 6.43. The van der Waals surface area contributed by atoms with Gasteiger partial charge in [0.1, 0.15) is 11.8 Å². The number of aliphatic imine (C=N–C) groups is 1. The monoisotopic (exact) mass is 273 g/mol. The Morgan fingerprint density at radius 3 is 2.83 bits per heavy atom. The molecule has 5 N–H and O–H groups in total. The normalized spacial score (nSPS) is 14.7. The first-order valence-electron chi connectivity index (χ1n) is 4.92. The van der Waals surface area contributed by atoms with Gasteiger partial charge in [0.05, 0.1) is 6.54 Å². The van der Waals surface area contributed by atoms with Crippen LogP contribution >= 0.6 is 12.4 Å². The fourth-order valence-electron chi connectivity index (χ4n) is 1.44. The van der Waals surface area contributed by atoms with E-state index in [1.54, 1.807) is 0 Å². The SMILES string of the molecule is C[C@H](O)C(=O)C1=Nc2c(nc(N)[nH]c2=O)NC1.Cl. The zero-order valence-corrected chi connectivity index (χ0v) is 10.2. The molecule has 0 fully saturated rings. The van der Waals surface area contributed by atoms with Crippen molar-refractivity contribution < 1.29 is 9.90 Å². The molecule has 18 heavy (non-hydrogen) atoms. The number of nitrogens with one attached hydrogen (secondary N) is 2. The van der Waals surface area contributed by atoms with Crippen LogP contribution in [0.25, 0.3) is 0 Å². The van der Waals surface area contributed by atoms with Crippen molar-refractivity contribution >= 4 is 41.4 Å². The first-order valence-corrected chi connectivity index (χ1v) is 4.92. The summed E-state index contributed by atoms with van der Waals surface area (Å²) in [6.07, 6.45) is -1.15. The van der Waals surface area contributed by atoms with Crippen molar-refractivity contribution in [2.45, 2.75) is 13.0 Å². The third-order valence-corrected chi connectivity index (χ3v) is 2.25. The summed E-state index contributed by atoms with van der Waals surface area (Å²) in [4.78, 5) is 33.0. The minimum absolute atomic E-state index is 0. The van der Waals surface area contributed by atoms with Gasteiger partial charge in [0, 0.05) is 0 Å². The van der Waals surface area contributed by atoms with Crippen LogP contribution in [0.15, 0.2) is 9.79 Å². The van der Waals surface area contributed by atoms with Gasteiger partial charge < -0.3 is 16.2 Å². The number of carbonyl (C=O) groups excluding carboxylic acids is 1. The Kier molecular flexibility index (Phi) is 4.04. The molecule has 0 radical (unpaired) electrons. The van der Waals surface area contributed by atoms with E-state index in [-0.39, 0.29) is 42.1 Å². The minimum atomic E-state index is -1.15. The van der Waals surface area contributed by atoms with Crippen molar-refractivity contribution in [3.63, 3.8) is 0 Å². The number of nitrogens with two attached hydrogens (primary N) is 1. The minimum Gasteiger partial charge on any atom is -0.385 e. The van der Waals surface area contributed by atoms with Gasteiger partial charge in [-0.3, -0.25) is 14.6 Å². The standard InChI is InChI=1S/C9H11N5O3.ClH/c1-3(15)6(16)4-2-11-7-5(12-4)8(17)14-9(10)13-7;/h3,15H,2H2,1H3,(H4,10,11,13,14,17);1H/t3-;/m0./s1. The number of fused-ring (bicyclic) bond motifs is 1. The van der Waals surface area contributed by atoms with E-state index in [0.29, 0.717) is 0 Å². The zero-order chi connectivity index (χ0) is 12.6. The molecule has 2 rings (SSSR count). The lowest BCUT2D eigenvalue weighted by atomic mass is 10.1. The molecule has 0 aliphatic carbocycles. The van der Waals surface area contributed by atoms with Crippen LogP contribution in [0.4, 0.5) is 17.5 Å². The average molecular weight is 274 g/mol. The highest BCUT2D eigenvalue weighted by Crippen LogP contribution is 2.21. The van der Waals surface area contributed by atoms with Gasteiger partial charge >= 0.3 is 0 Å². The molecule has 98 valence electrons. The molecule has 1 aromatic rings. The summed E-state index contributed by atoms with van der Waals surface area (Å²) in [5.74, 6) is -0.325.